The summed E-state index contributed by atoms with van der Waals surface area (Å²) in [4.78, 5) is 34.3. The van der Waals surface area contributed by atoms with Crippen LogP contribution in [0.3, 0.4) is 0 Å². The lowest BCUT2D eigenvalue weighted by Gasteiger charge is -2.36. The summed E-state index contributed by atoms with van der Waals surface area (Å²) in [5, 5.41) is 9.63. The first-order valence-electron chi connectivity index (χ1n) is 14.9. The van der Waals surface area contributed by atoms with Crippen LogP contribution in [0.25, 0.3) is 22.2 Å². The molecule has 1 saturated heterocycles. The van der Waals surface area contributed by atoms with Gasteiger partial charge in [-0.1, -0.05) is 79.7 Å². The van der Waals surface area contributed by atoms with Crippen molar-refractivity contribution < 1.29 is 14.7 Å². The van der Waals surface area contributed by atoms with Crippen LogP contribution in [0.2, 0.25) is 0 Å². The van der Waals surface area contributed by atoms with Crippen molar-refractivity contribution >= 4 is 28.7 Å². The average molecular weight is 573 g/mol. The zero-order chi connectivity index (χ0) is 29.9. The van der Waals surface area contributed by atoms with E-state index in [2.05, 4.69) is 54.8 Å². The van der Waals surface area contributed by atoms with Gasteiger partial charge in [0.25, 0.3) is 0 Å². The smallest absolute Gasteiger partial charge is 0.336 e. The summed E-state index contributed by atoms with van der Waals surface area (Å²) in [6.45, 7) is 6.89. The van der Waals surface area contributed by atoms with E-state index in [1.54, 1.807) is 12.1 Å². The van der Waals surface area contributed by atoms with Crippen molar-refractivity contribution in [2.75, 3.05) is 18.0 Å². The van der Waals surface area contributed by atoms with E-state index < -0.39 is 5.97 Å². The standard InChI is InChI=1S/C36H36N4O3/c1-3-10-33-37-34-25(2)21-29(39-20-9-19-38(36(39)43)23-26-11-5-4-6-12-26)22-32(34)40(33)24-27-15-17-28(18-16-27)30-13-7-8-14-31(30)35(41)42/h4-8,11-18,21-22H,3,9-10,19-20,23-24H2,1-2H3,(H,41,42). The Morgan fingerprint density at radius 1 is 0.884 bits per heavy atom. The number of hydrogen-bond donors (Lipinski definition) is 1. The number of aryl methyl sites for hydroxylation is 2. The van der Waals surface area contributed by atoms with E-state index in [0.717, 1.165) is 70.6 Å². The number of urea groups is 1. The van der Waals surface area contributed by atoms with Crippen molar-refractivity contribution in [3.63, 3.8) is 0 Å². The predicted octanol–water partition coefficient (Wildman–Crippen LogP) is 7.54. The summed E-state index contributed by atoms with van der Waals surface area (Å²) >= 11 is 0. The molecule has 0 spiro atoms. The molecule has 1 fully saturated rings. The van der Waals surface area contributed by atoms with E-state index in [0.29, 0.717) is 30.8 Å². The van der Waals surface area contributed by atoms with E-state index in [-0.39, 0.29) is 6.03 Å². The number of benzene rings is 4. The molecule has 43 heavy (non-hydrogen) atoms. The van der Waals surface area contributed by atoms with Gasteiger partial charge in [0, 0.05) is 38.3 Å². The second-order valence-corrected chi connectivity index (χ2v) is 11.2. The van der Waals surface area contributed by atoms with Crippen LogP contribution in [0.4, 0.5) is 10.5 Å². The lowest BCUT2D eigenvalue weighted by molar-refractivity contribution is 0.0697. The fourth-order valence-corrected chi connectivity index (χ4v) is 6.03. The van der Waals surface area contributed by atoms with Crippen molar-refractivity contribution in [3.05, 3.63) is 119 Å². The lowest BCUT2D eigenvalue weighted by atomic mass is 9.99. The summed E-state index contributed by atoms with van der Waals surface area (Å²) in [7, 11) is 0. The molecular weight excluding hydrogens is 536 g/mol. The molecule has 7 heteroatoms. The number of hydrogen-bond acceptors (Lipinski definition) is 3. The second-order valence-electron chi connectivity index (χ2n) is 11.2. The first-order valence-corrected chi connectivity index (χ1v) is 14.9. The zero-order valence-electron chi connectivity index (χ0n) is 24.7. The van der Waals surface area contributed by atoms with Crippen LogP contribution in [0, 0.1) is 6.92 Å². The molecule has 1 aliphatic heterocycles. The Morgan fingerprint density at radius 2 is 1.60 bits per heavy atom. The van der Waals surface area contributed by atoms with Crippen LogP contribution in [0.15, 0.2) is 91.0 Å². The number of carboxylic acids is 1. The topological polar surface area (TPSA) is 78.7 Å². The van der Waals surface area contributed by atoms with Gasteiger partial charge >= 0.3 is 12.0 Å². The van der Waals surface area contributed by atoms with Crippen molar-refractivity contribution in [2.24, 2.45) is 0 Å². The van der Waals surface area contributed by atoms with Gasteiger partial charge in [-0.05, 0) is 65.8 Å². The van der Waals surface area contributed by atoms with Gasteiger partial charge in [-0.2, -0.15) is 0 Å². The fraction of sp³-hybridized carbons (Fsp3) is 0.250. The predicted molar refractivity (Wildman–Crippen MR) is 171 cm³/mol. The van der Waals surface area contributed by atoms with Gasteiger partial charge in [0.05, 0.1) is 16.6 Å². The summed E-state index contributed by atoms with van der Waals surface area (Å²) in [5.74, 6) is 0.0871. The summed E-state index contributed by atoms with van der Waals surface area (Å²) < 4.78 is 2.27. The Morgan fingerprint density at radius 3 is 2.35 bits per heavy atom. The Bertz CT molecular complexity index is 1780. The van der Waals surface area contributed by atoms with E-state index in [1.165, 1.54) is 0 Å². The molecule has 0 aliphatic carbocycles. The minimum absolute atomic E-state index is 0.0333. The van der Waals surface area contributed by atoms with Gasteiger partial charge < -0.3 is 14.6 Å². The monoisotopic (exact) mass is 572 g/mol. The molecular formula is C36H36N4O3. The molecule has 0 saturated carbocycles. The molecule has 0 unspecified atom stereocenters. The first kappa shape index (κ1) is 28.2. The first-order chi connectivity index (χ1) is 20.9. The molecule has 2 heterocycles. The van der Waals surface area contributed by atoms with E-state index in [9.17, 15) is 14.7 Å². The maximum Gasteiger partial charge on any atom is 0.336 e. The van der Waals surface area contributed by atoms with Crippen LogP contribution in [-0.4, -0.2) is 44.6 Å². The number of carbonyl (C=O) groups excluding carboxylic acids is 1. The van der Waals surface area contributed by atoms with Crippen molar-refractivity contribution in [3.8, 4) is 11.1 Å². The number of imidazole rings is 1. The Labute approximate surface area is 252 Å². The Kier molecular flexibility index (Phi) is 7.97. The van der Waals surface area contributed by atoms with Crippen LogP contribution < -0.4 is 4.90 Å². The number of anilines is 1. The number of aromatic carboxylic acids is 1. The van der Waals surface area contributed by atoms with Crippen molar-refractivity contribution in [1.29, 1.82) is 0 Å². The Hall–Kier alpha value is -4.91. The van der Waals surface area contributed by atoms with Gasteiger partial charge in [-0.3, -0.25) is 4.90 Å². The molecule has 4 aromatic carbocycles. The number of rotatable bonds is 9. The summed E-state index contributed by atoms with van der Waals surface area (Å²) in [6.07, 6.45) is 2.73. The quantitative estimate of drug-likeness (QED) is 0.198. The van der Waals surface area contributed by atoms with E-state index >= 15 is 0 Å². The summed E-state index contributed by atoms with van der Waals surface area (Å²) in [6, 6.07) is 29.6. The highest BCUT2D eigenvalue weighted by atomic mass is 16.4. The number of carboxylic acid groups (broad SMARTS) is 1. The molecule has 218 valence electrons. The van der Waals surface area contributed by atoms with Gasteiger partial charge in [0.1, 0.15) is 5.82 Å². The minimum atomic E-state index is -0.935. The average Bonchev–Trinajstić information content (AvgIpc) is 3.36. The molecule has 2 amide bonds. The molecule has 0 radical (unpaired) electrons. The highest BCUT2D eigenvalue weighted by Gasteiger charge is 2.28. The highest BCUT2D eigenvalue weighted by Crippen LogP contribution is 2.31. The van der Waals surface area contributed by atoms with Crippen molar-refractivity contribution in [2.45, 2.75) is 46.2 Å². The number of fused-ring (bicyclic) bond motifs is 1. The van der Waals surface area contributed by atoms with Gasteiger partial charge in [0.2, 0.25) is 0 Å². The minimum Gasteiger partial charge on any atom is -0.478 e. The number of nitrogens with zero attached hydrogens (tertiary/aromatic N) is 4. The van der Waals surface area contributed by atoms with Crippen molar-refractivity contribution in [1.82, 2.24) is 14.5 Å². The number of carbonyl (C=O) groups is 2. The highest BCUT2D eigenvalue weighted by molar-refractivity contribution is 5.96. The third-order valence-corrected chi connectivity index (χ3v) is 8.18. The largest absolute Gasteiger partial charge is 0.478 e. The molecule has 0 bridgehead atoms. The number of aromatic nitrogens is 2. The normalized spacial score (nSPS) is 13.6. The maximum absolute atomic E-state index is 13.7. The summed E-state index contributed by atoms with van der Waals surface area (Å²) in [5.41, 5.74) is 8.02. The molecule has 6 rings (SSSR count). The molecule has 1 aromatic heterocycles. The lowest BCUT2D eigenvalue weighted by Crippen LogP contribution is -2.49. The third kappa shape index (κ3) is 5.75. The zero-order valence-corrected chi connectivity index (χ0v) is 24.7. The molecule has 1 aliphatic rings. The SMILES string of the molecule is CCCc1nc2c(C)cc(N3CCCN(Cc4ccccc4)C3=O)cc2n1Cc1ccc(-c2ccccc2C(=O)O)cc1. The number of amides is 2. The molecule has 5 aromatic rings. The van der Waals surface area contributed by atoms with Gasteiger partial charge in [0.15, 0.2) is 0 Å². The van der Waals surface area contributed by atoms with Crippen LogP contribution >= 0.6 is 0 Å². The maximum atomic E-state index is 13.7. The fourth-order valence-electron chi connectivity index (χ4n) is 6.03. The third-order valence-electron chi connectivity index (χ3n) is 8.18. The molecule has 0 atom stereocenters. The van der Waals surface area contributed by atoms with Crippen LogP contribution in [-0.2, 0) is 19.5 Å². The van der Waals surface area contributed by atoms with Gasteiger partial charge in [-0.15, -0.1) is 0 Å². The second kappa shape index (κ2) is 12.1. The van der Waals surface area contributed by atoms with E-state index in [4.69, 9.17) is 4.98 Å². The Balaban J connectivity index is 1.32. The van der Waals surface area contributed by atoms with Gasteiger partial charge in [-0.25, -0.2) is 14.6 Å². The molecule has 7 nitrogen and oxygen atoms in total. The van der Waals surface area contributed by atoms with Crippen LogP contribution in [0.5, 0.6) is 0 Å². The van der Waals surface area contributed by atoms with Crippen LogP contribution in [0.1, 0.15) is 52.6 Å². The van der Waals surface area contributed by atoms with E-state index in [1.807, 2.05) is 52.3 Å². The molecule has 1 N–H and O–H groups in total.